The van der Waals surface area contributed by atoms with Crippen molar-refractivity contribution in [3.63, 3.8) is 0 Å². The number of aliphatic imine (C=N–C) groups is 2. The Morgan fingerprint density at radius 1 is 1.69 bits per heavy atom. The van der Waals surface area contributed by atoms with Crippen molar-refractivity contribution >= 4 is 12.4 Å². The molecule has 2 atom stereocenters. The molecule has 0 aromatic rings. The minimum atomic E-state index is 0.331. The lowest BCUT2D eigenvalue weighted by Gasteiger charge is -2.26. The number of hydrogen-bond donors (Lipinski definition) is 0. The average Bonchev–Trinajstić information content (AvgIpc) is 2.50. The third kappa shape index (κ3) is 2.27. The van der Waals surface area contributed by atoms with Gasteiger partial charge in [-0.1, -0.05) is 19.9 Å². The van der Waals surface area contributed by atoms with E-state index < -0.39 is 0 Å². The lowest BCUT2D eigenvalue weighted by Crippen LogP contribution is -2.24. The molecule has 72 valence electrons. The van der Waals surface area contributed by atoms with Crippen molar-refractivity contribution in [2.45, 2.75) is 20.3 Å². The van der Waals surface area contributed by atoms with E-state index in [9.17, 15) is 0 Å². The minimum absolute atomic E-state index is 0.331. The quantitative estimate of drug-likeness (QED) is 0.593. The molecule has 2 heteroatoms. The number of allylic oxidation sites excluding steroid dienone is 2. The van der Waals surface area contributed by atoms with Crippen LogP contribution in [0.1, 0.15) is 20.3 Å². The molecule has 0 saturated carbocycles. The van der Waals surface area contributed by atoms with E-state index in [4.69, 9.17) is 0 Å². The highest BCUT2D eigenvalue weighted by Crippen LogP contribution is 2.35. The Labute approximate surface area is 80.5 Å². The van der Waals surface area contributed by atoms with Gasteiger partial charge in [0, 0.05) is 31.9 Å². The molecule has 0 saturated heterocycles. The average molecular weight is 178 g/mol. The first-order valence-electron chi connectivity index (χ1n) is 4.82. The first kappa shape index (κ1) is 10.2. The molecule has 0 amide bonds. The summed E-state index contributed by atoms with van der Waals surface area (Å²) in [4.78, 5) is 8.26. The molecule has 0 fully saturated rings. The number of hydrogen-bond acceptors (Lipinski definition) is 2. The lowest BCUT2D eigenvalue weighted by atomic mass is 9.77. The lowest BCUT2D eigenvalue weighted by molar-refractivity contribution is 0.306. The Morgan fingerprint density at radius 3 is 3.08 bits per heavy atom. The van der Waals surface area contributed by atoms with Crippen molar-refractivity contribution in [2.24, 2.45) is 21.3 Å². The van der Waals surface area contributed by atoms with Crippen molar-refractivity contribution in [2.75, 3.05) is 13.6 Å². The summed E-state index contributed by atoms with van der Waals surface area (Å²) in [6, 6.07) is 0. The summed E-state index contributed by atoms with van der Waals surface area (Å²) in [6.45, 7) is 5.48. The van der Waals surface area contributed by atoms with E-state index in [0.29, 0.717) is 11.3 Å². The summed E-state index contributed by atoms with van der Waals surface area (Å²) in [5.74, 6) is 0.482. The first-order chi connectivity index (χ1) is 6.23. The maximum Gasteiger partial charge on any atom is 0.0448 e. The Hall–Kier alpha value is -0.920. The summed E-state index contributed by atoms with van der Waals surface area (Å²) in [5, 5.41) is 0. The second kappa shape index (κ2) is 4.35. The highest BCUT2D eigenvalue weighted by molar-refractivity contribution is 5.74. The molecule has 1 aliphatic heterocycles. The normalized spacial score (nSPS) is 33.9. The molecule has 0 N–H and O–H groups in total. The SMILES string of the molecule is CCC1(C)CN=CC1/C=C\C=NC. The van der Waals surface area contributed by atoms with Crippen LogP contribution < -0.4 is 0 Å². The first-order valence-corrected chi connectivity index (χ1v) is 4.82. The summed E-state index contributed by atoms with van der Waals surface area (Å²) < 4.78 is 0. The topological polar surface area (TPSA) is 24.7 Å². The van der Waals surface area contributed by atoms with Gasteiger partial charge < -0.3 is 0 Å². The smallest absolute Gasteiger partial charge is 0.0448 e. The predicted molar refractivity (Wildman–Crippen MR) is 58.8 cm³/mol. The maximum absolute atomic E-state index is 4.35. The zero-order valence-electron chi connectivity index (χ0n) is 8.70. The van der Waals surface area contributed by atoms with Crippen molar-refractivity contribution in [3.05, 3.63) is 12.2 Å². The van der Waals surface area contributed by atoms with Crippen LogP contribution in [-0.2, 0) is 0 Å². The van der Waals surface area contributed by atoms with Gasteiger partial charge in [0.1, 0.15) is 0 Å². The van der Waals surface area contributed by atoms with E-state index in [0.717, 1.165) is 6.54 Å². The largest absolute Gasteiger partial charge is 0.297 e. The second-order valence-electron chi connectivity index (χ2n) is 3.82. The molecule has 13 heavy (non-hydrogen) atoms. The van der Waals surface area contributed by atoms with Crippen molar-refractivity contribution in [1.29, 1.82) is 0 Å². The molecule has 2 unspecified atom stereocenters. The van der Waals surface area contributed by atoms with Crippen molar-refractivity contribution < 1.29 is 0 Å². The molecule has 0 spiro atoms. The highest BCUT2D eigenvalue weighted by atomic mass is 14.8. The van der Waals surface area contributed by atoms with E-state index in [1.54, 1.807) is 7.05 Å². The zero-order chi connectivity index (χ0) is 9.73. The van der Waals surface area contributed by atoms with Gasteiger partial charge in [0.2, 0.25) is 0 Å². The van der Waals surface area contributed by atoms with E-state index in [1.165, 1.54) is 6.42 Å². The van der Waals surface area contributed by atoms with Gasteiger partial charge in [-0.05, 0) is 17.9 Å². The molecule has 1 aliphatic rings. The number of rotatable bonds is 3. The molecule has 1 rings (SSSR count). The molecule has 2 nitrogen and oxygen atoms in total. The molecule has 0 bridgehead atoms. The summed E-state index contributed by atoms with van der Waals surface area (Å²) in [6.07, 6.45) is 9.25. The van der Waals surface area contributed by atoms with E-state index in [-0.39, 0.29) is 0 Å². The van der Waals surface area contributed by atoms with E-state index >= 15 is 0 Å². The summed E-state index contributed by atoms with van der Waals surface area (Å²) in [7, 11) is 1.78. The molecule has 0 radical (unpaired) electrons. The van der Waals surface area contributed by atoms with Gasteiger partial charge in [0.05, 0.1) is 0 Å². The number of nitrogens with zero attached hydrogens (tertiary/aromatic N) is 2. The Balaban J connectivity index is 2.63. The Morgan fingerprint density at radius 2 is 2.46 bits per heavy atom. The fourth-order valence-corrected chi connectivity index (χ4v) is 1.55. The zero-order valence-corrected chi connectivity index (χ0v) is 8.70. The van der Waals surface area contributed by atoms with Crippen LogP contribution in [0.4, 0.5) is 0 Å². The van der Waals surface area contributed by atoms with Gasteiger partial charge in [-0.15, -0.1) is 0 Å². The molecule has 1 heterocycles. The van der Waals surface area contributed by atoms with Gasteiger partial charge in [0.25, 0.3) is 0 Å². The van der Waals surface area contributed by atoms with Gasteiger partial charge in [-0.25, -0.2) is 0 Å². The molecule has 0 aliphatic carbocycles. The van der Waals surface area contributed by atoms with E-state index in [1.807, 2.05) is 12.3 Å². The van der Waals surface area contributed by atoms with Gasteiger partial charge in [-0.3, -0.25) is 9.98 Å². The van der Waals surface area contributed by atoms with Gasteiger partial charge in [0.15, 0.2) is 0 Å². The monoisotopic (exact) mass is 178 g/mol. The fraction of sp³-hybridized carbons (Fsp3) is 0.636. The van der Waals surface area contributed by atoms with Crippen molar-refractivity contribution in [1.82, 2.24) is 0 Å². The summed E-state index contributed by atoms with van der Waals surface area (Å²) >= 11 is 0. The van der Waals surface area contributed by atoms with Gasteiger partial charge >= 0.3 is 0 Å². The van der Waals surface area contributed by atoms with Crippen LogP contribution in [0.3, 0.4) is 0 Å². The van der Waals surface area contributed by atoms with Crippen LogP contribution in [0.5, 0.6) is 0 Å². The Bertz CT molecular complexity index is 240. The molecular weight excluding hydrogens is 160 g/mol. The van der Waals surface area contributed by atoms with Crippen LogP contribution in [-0.4, -0.2) is 26.0 Å². The van der Waals surface area contributed by atoms with Crippen LogP contribution in [0.2, 0.25) is 0 Å². The van der Waals surface area contributed by atoms with Crippen LogP contribution in [0, 0.1) is 11.3 Å². The standard InChI is InChI=1S/C11H18N2/c1-4-11(2)9-13-8-10(11)6-5-7-12-3/h5-8,10H,4,9H2,1-3H3/b6-5-,12-7?. The van der Waals surface area contributed by atoms with E-state index in [2.05, 4.69) is 36.1 Å². The highest BCUT2D eigenvalue weighted by Gasteiger charge is 2.32. The Kier molecular flexibility index (Phi) is 3.40. The minimum Gasteiger partial charge on any atom is -0.297 e. The molecule has 0 aromatic carbocycles. The third-order valence-corrected chi connectivity index (χ3v) is 2.88. The van der Waals surface area contributed by atoms with Crippen LogP contribution >= 0.6 is 0 Å². The van der Waals surface area contributed by atoms with Crippen LogP contribution in [0.15, 0.2) is 22.1 Å². The molecule has 0 aromatic heterocycles. The van der Waals surface area contributed by atoms with Gasteiger partial charge in [-0.2, -0.15) is 0 Å². The second-order valence-corrected chi connectivity index (χ2v) is 3.82. The summed E-state index contributed by atoms with van der Waals surface area (Å²) in [5.41, 5.74) is 0.331. The maximum atomic E-state index is 4.35. The van der Waals surface area contributed by atoms with Crippen LogP contribution in [0.25, 0.3) is 0 Å². The van der Waals surface area contributed by atoms with Crippen molar-refractivity contribution in [3.8, 4) is 0 Å². The molecular formula is C11H18N2. The fourth-order valence-electron chi connectivity index (χ4n) is 1.55. The third-order valence-electron chi connectivity index (χ3n) is 2.88. The predicted octanol–water partition coefficient (Wildman–Crippen LogP) is 2.36.